The molecule has 4 nitrogen and oxygen atoms in total. The Morgan fingerprint density at radius 3 is 2.72 bits per heavy atom. The fourth-order valence-electron chi connectivity index (χ4n) is 4.04. The third-order valence-electron chi connectivity index (χ3n) is 5.30. The number of benzene rings is 1. The van der Waals surface area contributed by atoms with Crippen molar-refractivity contribution in [3.05, 3.63) is 34.9 Å². The van der Waals surface area contributed by atoms with Gasteiger partial charge in [0.05, 0.1) is 12.7 Å². The molecule has 1 aliphatic carbocycles. The fraction of sp³-hybridized carbons (Fsp3) is 0.650. The molecule has 0 radical (unpaired) electrons. The zero-order chi connectivity index (χ0) is 18.2. The van der Waals surface area contributed by atoms with Crippen LogP contribution in [0, 0.1) is 11.3 Å². The molecule has 2 aliphatic rings. The SMILES string of the molecule is CC(C)(C)OC(=O)N1C[C@H]2C[C@H](OCc3ccccc3Cl)C[C@@]2(C)C1. The van der Waals surface area contributed by atoms with Crippen molar-refractivity contribution >= 4 is 17.7 Å². The van der Waals surface area contributed by atoms with Crippen molar-refractivity contribution in [1.82, 2.24) is 4.90 Å². The molecule has 1 saturated heterocycles. The maximum Gasteiger partial charge on any atom is 0.410 e. The van der Waals surface area contributed by atoms with E-state index >= 15 is 0 Å². The molecule has 25 heavy (non-hydrogen) atoms. The van der Waals surface area contributed by atoms with Crippen molar-refractivity contribution in [1.29, 1.82) is 0 Å². The van der Waals surface area contributed by atoms with E-state index in [4.69, 9.17) is 21.1 Å². The third-order valence-corrected chi connectivity index (χ3v) is 5.67. The van der Waals surface area contributed by atoms with E-state index < -0.39 is 5.60 Å². The third kappa shape index (κ3) is 4.29. The average molecular weight is 366 g/mol. The Labute approximate surface area is 155 Å². The summed E-state index contributed by atoms with van der Waals surface area (Å²) in [7, 11) is 0. The Balaban J connectivity index is 1.54. The molecule has 0 bridgehead atoms. The van der Waals surface area contributed by atoms with Gasteiger partial charge in [0.1, 0.15) is 5.60 Å². The number of likely N-dealkylation sites (tertiary alicyclic amines) is 1. The molecule has 1 aromatic carbocycles. The minimum atomic E-state index is -0.448. The summed E-state index contributed by atoms with van der Waals surface area (Å²) in [5, 5.41) is 0.753. The lowest BCUT2D eigenvalue weighted by atomic mass is 9.83. The van der Waals surface area contributed by atoms with Crippen molar-refractivity contribution < 1.29 is 14.3 Å². The molecule has 0 N–H and O–H groups in total. The van der Waals surface area contributed by atoms with Gasteiger partial charge >= 0.3 is 6.09 Å². The van der Waals surface area contributed by atoms with Gasteiger partial charge < -0.3 is 14.4 Å². The summed E-state index contributed by atoms with van der Waals surface area (Å²) >= 11 is 6.20. The quantitative estimate of drug-likeness (QED) is 0.765. The first kappa shape index (κ1) is 18.5. The van der Waals surface area contributed by atoms with Crippen molar-refractivity contribution in [3.8, 4) is 0 Å². The van der Waals surface area contributed by atoms with E-state index in [0.29, 0.717) is 12.5 Å². The number of fused-ring (bicyclic) bond motifs is 1. The van der Waals surface area contributed by atoms with E-state index in [9.17, 15) is 4.79 Å². The van der Waals surface area contributed by atoms with Crippen LogP contribution in [0.1, 0.15) is 46.1 Å². The zero-order valence-corrected chi connectivity index (χ0v) is 16.3. The number of rotatable bonds is 3. The molecule has 1 saturated carbocycles. The van der Waals surface area contributed by atoms with E-state index in [0.717, 1.165) is 36.5 Å². The molecule has 1 heterocycles. The zero-order valence-electron chi connectivity index (χ0n) is 15.5. The molecule has 1 aromatic rings. The second-order valence-electron chi connectivity index (χ2n) is 8.68. The van der Waals surface area contributed by atoms with Gasteiger partial charge in [0.25, 0.3) is 0 Å². The Morgan fingerprint density at radius 2 is 2.08 bits per heavy atom. The predicted octanol–water partition coefficient (Wildman–Crippen LogP) is 4.89. The second kappa shape index (κ2) is 6.81. The van der Waals surface area contributed by atoms with Gasteiger partial charge in [-0.1, -0.05) is 36.7 Å². The molecule has 3 rings (SSSR count). The van der Waals surface area contributed by atoms with Crippen molar-refractivity contribution in [2.75, 3.05) is 13.1 Å². The molecule has 3 atom stereocenters. The summed E-state index contributed by atoms with van der Waals surface area (Å²) in [5.74, 6) is 0.469. The number of hydrogen-bond donors (Lipinski definition) is 0. The summed E-state index contributed by atoms with van der Waals surface area (Å²) < 4.78 is 11.6. The highest BCUT2D eigenvalue weighted by atomic mass is 35.5. The maximum absolute atomic E-state index is 12.3. The largest absolute Gasteiger partial charge is 0.444 e. The van der Waals surface area contributed by atoms with Gasteiger partial charge in [-0.15, -0.1) is 0 Å². The second-order valence-corrected chi connectivity index (χ2v) is 9.08. The van der Waals surface area contributed by atoms with Gasteiger partial charge in [0, 0.05) is 18.1 Å². The van der Waals surface area contributed by atoms with Crippen LogP contribution in [0.2, 0.25) is 5.02 Å². The molecule has 0 unspecified atom stereocenters. The minimum absolute atomic E-state index is 0.113. The molecule has 5 heteroatoms. The molecule has 0 spiro atoms. The van der Waals surface area contributed by atoms with Crippen LogP contribution in [-0.2, 0) is 16.1 Å². The average Bonchev–Trinajstić information content (AvgIpc) is 2.96. The monoisotopic (exact) mass is 365 g/mol. The van der Waals surface area contributed by atoms with Crippen molar-refractivity contribution in [3.63, 3.8) is 0 Å². The molecular weight excluding hydrogens is 338 g/mol. The van der Waals surface area contributed by atoms with Crippen LogP contribution in [0.25, 0.3) is 0 Å². The maximum atomic E-state index is 12.3. The summed E-state index contributed by atoms with van der Waals surface area (Å²) in [4.78, 5) is 14.2. The number of amides is 1. The summed E-state index contributed by atoms with van der Waals surface area (Å²) in [6.07, 6.45) is 1.99. The number of hydrogen-bond acceptors (Lipinski definition) is 3. The first-order valence-corrected chi connectivity index (χ1v) is 9.37. The van der Waals surface area contributed by atoms with E-state index in [1.807, 2.05) is 49.9 Å². The van der Waals surface area contributed by atoms with Crippen LogP contribution in [-0.4, -0.2) is 35.8 Å². The Bertz CT molecular complexity index is 642. The van der Waals surface area contributed by atoms with Crippen LogP contribution < -0.4 is 0 Å². The fourth-order valence-corrected chi connectivity index (χ4v) is 4.23. The van der Waals surface area contributed by atoms with Gasteiger partial charge in [-0.2, -0.15) is 0 Å². The molecular formula is C20H28ClNO3. The molecule has 1 aliphatic heterocycles. The lowest BCUT2D eigenvalue weighted by molar-refractivity contribution is 0.0172. The Morgan fingerprint density at radius 1 is 1.36 bits per heavy atom. The normalized spacial score (nSPS) is 28.9. The highest BCUT2D eigenvalue weighted by molar-refractivity contribution is 6.31. The number of nitrogens with zero attached hydrogens (tertiary/aromatic N) is 1. The van der Waals surface area contributed by atoms with Crippen molar-refractivity contribution in [2.24, 2.45) is 11.3 Å². The van der Waals surface area contributed by atoms with Crippen molar-refractivity contribution in [2.45, 2.75) is 58.8 Å². The minimum Gasteiger partial charge on any atom is -0.444 e. The first-order chi connectivity index (χ1) is 11.7. The van der Waals surface area contributed by atoms with Gasteiger partial charge in [0.15, 0.2) is 0 Å². The van der Waals surface area contributed by atoms with E-state index in [1.54, 1.807) is 0 Å². The van der Waals surface area contributed by atoms with Gasteiger partial charge in [-0.25, -0.2) is 4.79 Å². The van der Waals surface area contributed by atoms with Gasteiger partial charge in [-0.3, -0.25) is 0 Å². The van der Waals surface area contributed by atoms with E-state index in [-0.39, 0.29) is 17.6 Å². The first-order valence-electron chi connectivity index (χ1n) is 8.99. The summed E-state index contributed by atoms with van der Waals surface area (Å²) in [6.45, 7) is 10.0. The lowest BCUT2D eigenvalue weighted by Crippen LogP contribution is -2.37. The highest BCUT2D eigenvalue weighted by Gasteiger charge is 2.51. The summed E-state index contributed by atoms with van der Waals surface area (Å²) in [6, 6.07) is 7.81. The summed E-state index contributed by atoms with van der Waals surface area (Å²) in [5.41, 5.74) is 0.694. The number of halogens is 1. The lowest BCUT2D eigenvalue weighted by Gasteiger charge is -2.27. The van der Waals surface area contributed by atoms with Gasteiger partial charge in [0.2, 0.25) is 0 Å². The van der Waals surface area contributed by atoms with E-state index in [1.165, 1.54) is 0 Å². The smallest absolute Gasteiger partial charge is 0.410 e. The number of carbonyl (C=O) groups is 1. The molecule has 2 fully saturated rings. The van der Waals surface area contributed by atoms with Gasteiger partial charge in [-0.05, 0) is 56.6 Å². The van der Waals surface area contributed by atoms with Crippen LogP contribution >= 0.6 is 11.6 Å². The van der Waals surface area contributed by atoms with Crippen LogP contribution in [0.15, 0.2) is 24.3 Å². The topological polar surface area (TPSA) is 38.8 Å². The van der Waals surface area contributed by atoms with Crippen LogP contribution in [0.5, 0.6) is 0 Å². The van der Waals surface area contributed by atoms with Crippen LogP contribution in [0.3, 0.4) is 0 Å². The highest BCUT2D eigenvalue weighted by Crippen LogP contribution is 2.49. The molecule has 0 aromatic heterocycles. The predicted molar refractivity (Wildman–Crippen MR) is 98.7 cm³/mol. The van der Waals surface area contributed by atoms with E-state index in [2.05, 4.69) is 6.92 Å². The van der Waals surface area contributed by atoms with Crippen LogP contribution in [0.4, 0.5) is 4.79 Å². The number of carbonyl (C=O) groups excluding carboxylic acids is 1. The molecule has 1 amide bonds. The molecule has 138 valence electrons. The number of ether oxygens (including phenoxy) is 2. The Hall–Kier alpha value is -1.26. The standard InChI is InChI=1S/C20H28ClNO3/c1-19(2,3)25-18(23)22-11-15-9-16(10-20(15,4)13-22)24-12-14-7-5-6-8-17(14)21/h5-8,15-16H,9-13H2,1-4H3/t15-,16+,20+/m1/s1. The Kier molecular flexibility index (Phi) is 5.04.